The summed E-state index contributed by atoms with van der Waals surface area (Å²) < 4.78 is 0. The third-order valence-corrected chi connectivity index (χ3v) is 5.95. The highest BCUT2D eigenvalue weighted by Crippen LogP contribution is 2.42. The summed E-state index contributed by atoms with van der Waals surface area (Å²) >= 11 is 0. The molecule has 2 heterocycles. The van der Waals surface area contributed by atoms with Crippen LogP contribution < -0.4 is 0 Å². The third kappa shape index (κ3) is 3.81. The fourth-order valence-electron chi connectivity index (χ4n) is 4.31. The van der Waals surface area contributed by atoms with Crippen molar-refractivity contribution in [3.63, 3.8) is 0 Å². The summed E-state index contributed by atoms with van der Waals surface area (Å²) in [5.41, 5.74) is 1.30. The lowest BCUT2D eigenvalue weighted by atomic mass is 9.73. The average molecular weight is 330 g/mol. The fourth-order valence-corrected chi connectivity index (χ4v) is 4.31. The van der Waals surface area contributed by atoms with Crippen molar-refractivity contribution >= 4 is 5.91 Å². The maximum absolute atomic E-state index is 12.6. The molecule has 1 amide bonds. The quantitative estimate of drug-likeness (QED) is 0.813. The van der Waals surface area contributed by atoms with Crippen LogP contribution in [0.3, 0.4) is 0 Å². The number of rotatable bonds is 6. The van der Waals surface area contributed by atoms with E-state index in [2.05, 4.69) is 36.2 Å². The van der Waals surface area contributed by atoms with Crippen molar-refractivity contribution in [2.75, 3.05) is 39.8 Å². The first-order valence-electron chi connectivity index (χ1n) is 9.24. The first kappa shape index (κ1) is 17.4. The van der Waals surface area contributed by atoms with Gasteiger partial charge in [0.1, 0.15) is 0 Å². The van der Waals surface area contributed by atoms with Crippen molar-refractivity contribution in [3.05, 3.63) is 35.9 Å². The highest BCUT2D eigenvalue weighted by atomic mass is 16.3. The maximum atomic E-state index is 12.6. The maximum Gasteiger partial charge on any atom is 0.222 e. The van der Waals surface area contributed by atoms with E-state index in [1.165, 1.54) is 5.56 Å². The number of carbonyl (C=O) groups is 1. The van der Waals surface area contributed by atoms with Crippen LogP contribution in [0.4, 0.5) is 0 Å². The Labute approximate surface area is 145 Å². The highest BCUT2D eigenvalue weighted by Gasteiger charge is 2.49. The molecule has 0 aromatic heterocycles. The van der Waals surface area contributed by atoms with Crippen LogP contribution in [0.2, 0.25) is 0 Å². The fraction of sp³-hybridized carbons (Fsp3) is 0.650. The minimum atomic E-state index is -0.0494. The van der Waals surface area contributed by atoms with Gasteiger partial charge in [0, 0.05) is 31.5 Å². The minimum Gasteiger partial charge on any atom is -0.396 e. The van der Waals surface area contributed by atoms with Crippen LogP contribution in [0.15, 0.2) is 30.3 Å². The van der Waals surface area contributed by atoms with Gasteiger partial charge in [0.05, 0.1) is 6.61 Å². The Kier molecular flexibility index (Phi) is 5.57. The molecule has 3 rings (SSSR count). The summed E-state index contributed by atoms with van der Waals surface area (Å²) in [5.74, 6) is 0.697. The van der Waals surface area contributed by atoms with Crippen LogP contribution in [-0.4, -0.2) is 60.6 Å². The van der Waals surface area contributed by atoms with E-state index in [4.69, 9.17) is 0 Å². The van der Waals surface area contributed by atoms with E-state index in [0.717, 1.165) is 51.9 Å². The normalized spacial score (nSPS) is 27.2. The molecule has 0 saturated carbocycles. The van der Waals surface area contributed by atoms with Crippen LogP contribution >= 0.6 is 0 Å². The van der Waals surface area contributed by atoms with Gasteiger partial charge in [-0.2, -0.15) is 0 Å². The largest absolute Gasteiger partial charge is 0.396 e. The van der Waals surface area contributed by atoms with E-state index in [-0.39, 0.29) is 17.9 Å². The molecule has 1 aromatic rings. The molecule has 2 saturated heterocycles. The van der Waals surface area contributed by atoms with Crippen molar-refractivity contribution < 1.29 is 9.90 Å². The van der Waals surface area contributed by atoms with Crippen LogP contribution in [0.25, 0.3) is 0 Å². The Morgan fingerprint density at radius 1 is 1.25 bits per heavy atom. The summed E-state index contributed by atoms with van der Waals surface area (Å²) in [5, 5.41) is 9.92. The van der Waals surface area contributed by atoms with E-state index in [1.54, 1.807) is 0 Å². The summed E-state index contributed by atoms with van der Waals surface area (Å²) in [6.07, 6.45) is 4.68. The zero-order valence-electron chi connectivity index (χ0n) is 14.8. The highest BCUT2D eigenvalue weighted by molar-refractivity contribution is 5.76. The summed E-state index contributed by atoms with van der Waals surface area (Å²) in [7, 11) is 2.13. The predicted octanol–water partition coefficient (Wildman–Crippen LogP) is 2.17. The number of carbonyl (C=O) groups excluding carboxylic acids is 1. The molecule has 132 valence electrons. The van der Waals surface area contributed by atoms with Crippen LogP contribution in [0.1, 0.15) is 31.2 Å². The third-order valence-electron chi connectivity index (χ3n) is 5.95. The molecule has 0 aliphatic carbocycles. The molecule has 0 bridgehead atoms. The smallest absolute Gasteiger partial charge is 0.222 e. The Morgan fingerprint density at radius 3 is 2.79 bits per heavy atom. The summed E-state index contributed by atoms with van der Waals surface area (Å²) in [6.45, 7) is 3.81. The lowest BCUT2D eigenvalue weighted by molar-refractivity contribution is -0.130. The Hall–Kier alpha value is -1.39. The number of hydrogen-bond donors (Lipinski definition) is 1. The molecule has 0 radical (unpaired) electrons. The van der Waals surface area contributed by atoms with Gasteiger partial charge >= 0.3 is 0 Å². The van der Waals surface area contributed by atoms with Gasteiger partial charge in [-0.3, -0.25) is 4.79 Å². The van der Waals surface area contributed by atoms with Gasteiger partial charge in [-0.1, -0.05) is 30.3 Å². The van der Waals surface area contributed by atoms with Crippen LogP contribution in [0.5, 0.6) is 0 Å². The Balaban J connectivity index is 1.46. The monoisotopic (exact) mass is 330 g/mol. The molecule has 2 aliphatic rings. The molecule has 4 nitrogen and oxygen atoms in total. The minimum absolute atomic E-state index is 0.0494. The Bertz CT molecular complexity index is 548. The SMILES string of the molecule is CN1CC[C@@]2(CO)CN(C(=O)CCCCc3ccccc3)C[C@H]2C1. The van der Waals surface area contributed by atoms with Gasteiger partial charge in [0.25, 0.3) is 0 Å². The van der Waals surface area contributed by atoms with E-state index in [1.807, 2.05) is 11.0 Å². The van der Waals surface area contributed by atoms with Gasteiger partial charge in [-0.25, -0.2) is 0 Å². The van der Waals surface area contributed by atoms with E-state index < -0.39 is 0 Å². The molecular formula is C20H30N2O2. The van der Waals surface area contributed by atoms with E-state index in [0.29, 0.717) is 12.3 Å². The van der Waals surface area contributed by atoms with Gasteiger partial charge in [0.15, 0.2) is 0 Å². The van der Waals surface area contributed by atoms with Gasteiger partial charge in [-0.15, -0.1) is 0 Å². The second-order valence-electron chi connectivity index (χ2n) is 7.70. The lowest BCUT2D eigenvalue weighted by Gasteiger charge is -2.40. The van der Waals surface area contributed by atoms with Crippen LogP contribution in [-0.2, 0) is 11.2 Å². The number of hydrogen-bond acceptors (Lipinski definition) is 3. The number of aryl methyl sites for hydroxylation is 1. The number of unbranched alkanes of at least 4 members (excludes halogenated alkanes) is 1. The number of fused-ring (bicyclic) bond motifs is 1. The number of nitrogens with zero attached hydrogens (tertiary/aromatic N) is 2. The molecule has 24 heavy (non-hydrogen) atoms. The zero-order chi connectivity index (χ0) is 17.0. The molecule has 0 unspecified atom stereocenters. The topological polar surface area (TPSA) is 43.8 Å². The number of amides is 1. The first-order chi connectivity index (χ1) is 11.6. The molecule has 2 atom stereocenters. The van der Waals surface area contributed by atoms with Crippen molar-refractivity contribution in [2.45, 2.75) is 32.1 Å². The number of benzene rings is 1. The van der Waals surface area contributed by atoms with Crippen molar-refractivity contribution in [3.8, 4) is 0 Å². The summed E-state index contributed by atoms with van der Waals surface area (Å²) in [4.78, 5) is 16.9. The van der Waals surface area contributed by atoms with E-state index in [9.17, 15) is 9.90 Å². The van der Waals surface area contributed by atoms with Gasteiger partial charge in [0.2, 0.25) is 5.91 Å². The number of likely N-dealkylation sites (tertiary alicyclic amines) is 2. The summed E-state index contributed by atoms with van der Waals surface area (Å²) in [6, 6.07) is 10.5. The van der Waals surface area contributed by atoms with Crippen molar-refractivity contribution in [2.24, 2.45) is 11.3 Å². The standard InChI is InChI=1S/C20H30N2O2/c1-21-12-11-20(16-23)15-22(14-18(20)13-21)19(24)10-6-5-9-17-7-3-2-4-8-17/h2-4,7-8,18,23H,5-6,9-16H2,1H3/t18-,20+/m1/s1. The van der Waals surface area contributed by atoms with Gasteiger partial charge < -0.3 is 14.9 Å². The molecular weight excluding hydrogens is 300 g/mol. The average Bonchev–Trinajstić information content (AvgIpc) is 2.99. The predicted molar refractivity (Wildman–Crippen MR) is 95.7 cm³/mol. The molecule has 2 aliphatic heterocycles. The number of aliphatic hydroxyl groups is 1. The second kappa shape index (κ2) is 7.66. The van der Waals surface area contributed by atoms with Crippen LogP contribution in [0, 0.1) is 11.3 Å². The molecule has 4 heteroatoms. The number of aliphatic hydroxyl groups excluding tert-OH is 1. The molecule has 0 spiro atoms. The lowest BCUT2D eigenvalue weighted by Crippen LogP contribution is -2.47. The zero-order valence-corrected chi connectivity index (χ0v) is 14.8. The first-order valence-corrected chi connectivity index (χ1v) is 9.24. The van der Waals surface area contributed by atoms with Crippen molar-refractivity contribution in [1.82, 2.24) is 9.80 Å². The van der Waals surface area contributed by atoms with E-state index >= 15 is 0 Å². The molecule has 1 aromatic carbocycles. The van der Waals surface area contributed by atoms with Crippen molar-refractivity contribution in [1.29, 1.82) is 0 Å². The molecule has 1 N–H and O–H groups in total. The number of piperidine rings is 1. The van der Waals surface area contributed by atoms with Gasteiger partial charge in [-0.05, 0) is 50.8 Å². The second-order valence-corrected chi connectivity index (χ2v) is 7.70. The molecule has 2 fully saturated rings. The Morgan fingerprint density at radius 2 is 2.04 bits per heavy atom.